The molecular formula is C7H11N3S2. The van der Waals surface area contributed by atoms with Gasteiger partial charge in [-0.25, -0.2) is 4.98 Å². The van der Waals surface area contributed by atoms with E-state index in [-0.39, 0.29) is 5.84 Å². The quantitative estimate of drug-likeness (QED) is 0.444. The first-order valence-electron chi connectivity index (χ1n) is 3.57. The van der Waals surface area contributed by atoms with Crippen LogP contribution in [0.4, 0.5) is 0 Å². The van der Waals surface area contributed by atoms with Gasteiger partial charge < -0.3 is 5.73 Å². The number of nitrogens with zero attached hydrogens (tertiary/aromatic N) is 1. The predicted octanol–water partition coefficient (Wildman–Crippen LogP) is 1.95. The van der Waals surface area contributed by atoms with E-state index in [9.17, 15) is 0 Å². The second kappa shape index (κ2) is 4.47. The number of rotatable bonds is 4. The summed E-state index contributed by atoms with van der Waals surface area (Å²) >= 11 is 3.28. The highest BCUT2D eigenvalue weighted by atomic mass is 32.2. The van der Waals surface area contributed by atoms with Gasteiger partial charge in [0.15, 0.2) is 0 Å². The summed E-state index contributed by atoms with van der Waals surface area (Å²) in [5.41, 5.74) is 5.28. The van der Waals surface area contributed by atoms with Gasteiger partial charge in [-0.2, -0.15) is 0 Å². The molecule has 3 N–H and O–H groups in total. The summed E-state index contributed by atoms with van der Waals surface area (Å²) < 4.78 is 1.05. The standard InChI is InChI=1S/C7H11N3S2/c1-5(4-6(8)9)12-7-10-2-3-11-7/h2-3,5H,4H2,1H3,(H3,8,9). The summed E-state index contributed by atoms with van der Waals surface area (Å²) in [5.74, 6) is 0.242. The van der Waals surface area contributed by atoms with Crippen LogP contribution in [0.5, 0.6) is 0 Å². The first kappa shape index (κ1) is 9.54. The Bertz CT molecular complexity index is 245. The SMILES string of the molecule is CC(CC(=N)N)Sc1nccs1. The van der Waals surface area contributed by atoms with Gasteiger partial charge in [0.25, 0.3) is 0 Å². The van der Waals surface area contributed by atoms with Gasteiger partial charge in [-0.05, 0) is 0 Å². The van der Waals surface area contributed by atoms with E-state index in [1.54, 1.807) is 29.3 Å². The summed E-state index contributed by atoms with van der Waals surface area (Å²) in [6.07, 6.45) is 2.41. The Labute approximate surface area is 79.9 Å². The number of thioether (sulfide) groups is 1. The van der Waals surface area contributed by atoms with Gasteiger partial charge in [0.1, 0.15) is 4.34 Å². The molecule has 0 saturated carbocycles. The maximum absolute atomic E-state index is 7.10. The van der Waals surface area contributed by atoms with Crippen LogP contribution in [0.1, 0.15) is 13.3 Å². The molecule has 1 aromatic heterocycles. The molecule has 66 valence electrons. The zero-order chi connectivity index (χ0) is 8.97. The maximum atomic E-state index is 7.10. The molecular weight excluding hydrogens is 190 g/mol. The second-order valence-corrected chi connectivity index (χ2v) is 5.04. The van der Waals surface area contributed by atoms with Crippen LogP contribution in [0.15, 0.2) is 15.9 Å². The van der Waals surface area contributed by atoms with Crippen molar-refractivity contribution in [2.75, 3.05) is 0 Å². The van der Waals surface area contributed by atoms with Crippen molar-refractivity contribution in [3.63, 3.8) is 0 Å². The van der Waals surface area contributed by atoms with Crippen molar-refractivity contribution < 1.29 is 0 Å². The monoisotopic (exact) mass is 201 g/mol. The molecule has 0 spiro atoms. The molecule has 0 aliphatic carbocycles. The number of amidine groups is 1. The number of thiazole rings is 1. The third kappa shape index (κ3) is 3.23. The van der Waals surface area contributed by atoms with Gasteiger partial charge in [0, 0.05) is 23.2 Å². The fourth-order valence-corrected chi connectivity index (χ4v) is 2.76. The van der Waals surface area contributed by atoms with Crippen molar-refractivity contribution in [1.29, 1.82) is 5.41 Å². The van der Waals surface area contributed by atoms with Crippen LogP contribution in [0.3, 0.4) is 0 Å². The van der Waals surface area contributed by atoms with Crippen LogP contribution in [-0.2, 0) is 0 Å². The number of aromatic nitrogens is 1. The molecule has 1 aromatic rings. The van der Waals surface area contributed by atoms with E-state index < -0.39 is 0 Å². The molecule has 0 saturated heterocycles. The molecule has 0 aliphatic heterocycles. The molecule has 1 atom stereocenters. The Morgan fingerprint density at radius 2 is 2.67 bits per heavy atom. The van der Waals surface area contributed by atoms with E-state index in [4.69, 9.17) is 11.1 Å². The topological polar surface area (TPSA) is 62.8 Å². The highest BCUT2D eigenvalue weighted by molar-refractivity contribution is 8.01. The lowest BCUT2D eigenvalue weighted by atomic mass is 10.3. The molecule has 1 rings (SSSR count). The van der Waals surface area contributed by atoms with E-state index >= 15 is 0 Å². The summed E-state index contributed by atoms with van der Waals surface area (Å²) in [6.45, 7) is 2.05. The number of nitrogens with one attached hydrogen (secondary N) is 1. The second-order valence-electron chi connectivity index (χ2n) is 2.46. The van der Waals surface area contributed by atoms with Gasteiger partial charge in [0.05, 0.1) is 5.84 Å². The third-order valence-electron chi connectivity index (χ3n) is 1.22. The smallest absolute Gasteiger partial charge is 0.150 e. The van der Waals surface area contributed by atoms with Crippen LogP contribution in [-0.4, -0.2) is 16.1 Å². The zero-order valence-corrected chi connectivity index (χ0v) is 8.41. The molecule has 5 heteroatoms. The van der Waals surface area contributed by atoms with Crippen LogP contribution in [0, 0.1) is 5.41 Å². The lowest BCUT2D eigenvalue weighted by Crippen LogP contribution is -2.14. The minimum atomic E-state index is 0.242. The largest absolute Gasteiger partial charge is 0.388 e. The van der Waals surface area contributed by atoms with E-state index in [1.165, 1.54) is 0 Å². The Kier molecular flexibility index (Phi) is 3.55. The molecule has 0 radical (unpaired) electrons. The van der Waals surface area contributed by atoms with Crippen molar-refractivity contribution in [3.8, 4) is 0 Å². The molecule has 0 amide bonds. The van der Waals surface area contributed by atoms with Gasteiger partial charge >= 0.3 is 0 Å². The van der Waals surface area contributed by atoms with Crippen molar-refractivity contribution in [2.45, 2.75) is 22.9 Å². The summed E-state index contributed by atoms with van der Waals surface area (Å²) in [4.78, 5) is 4.13. The fraction of sp³-hybridized carbons (Fsp3) is 0.429. The van der Waals surface area contributed by atoms with E-state index in [1.807, 2.05) is 12.3 Å². The number of hydrogen-bond acceptors (Lipinski definition) is 4. The van der Waals surface area contributed by atoms with Crippen LogP contribution >= 0.6 is 23.1 Å². The van der Waals surface area contributed by atoms with Crippen molar-refractivity contribution in [2.24, 2.45) is 5.73 Å². The minimum absolute atomic E-state index is 0.242. The molecule has 0 fully saturated rings. The lowest BCUT2D eigenvalue weighted by Gasteiger charge is -2.06. The highest BCUT2D eigenvalue weighted by Crippen LogP contribution is 2.26. The van der Waals surface area contributed by atoms with E-state index in [0.717, 1.165) is 4.34 Å². The average molecular weight is 201 g/mol. The Morgan fingerprint density at radius 3 is 3.17 bits per heavy atom. The normalized spacial score (nSPS) is 12.8. The molecule has 12 heavy (non-hydrogen) atoms. The summed E-state index contributed by atoms with van der Waals surface area (Å²) in [5, 5.41) is 9.39. The predicted molar refractivity (Wildman–Crippen MR) is 54.0 cm³/mol. The lowest BCUT2D eigenvalue weighted by molar-refractivity contribution is 0.994. The Balaban J connectivity index is 2.36. The fourth-order valence-electron chi connectivity index (χ4n) is 0.792. The first-order valence-corrected chi connectivity index (χ1v) is 5.33. The van der Waals surface area contributed by atoms with E-state index in [2.05, 4.69) is 4.98 Å². The van der Waals surface area contributed by atoms with E-state index in [0.29, 0.717) is 11.7 Å². The van der Waals surface area contributed by atoms with Crippen molar-refractivity contribution in [3.05, 3.63) is 11.6 Å². The third-order valence-corrected chi connectivity index (χ3v) is 3.24. The summed E-state index contributed by atoms with van der Waals surface area (Å²) in [7, 11) is 0. The van der Waals surface area contributed by atoms with Crippen molar-refractivity contribution >= 4 is 28.9 Å². The molecule has 1 unspecified atom stereocenters. The van der Waals surface area contributed by atoms with Gasteiger partial charge in [-0.1, -0.05) is 18.7 Å². The first-order chi connectivity index (χ1) is 5.68. The van der Waals surface area contributed by atoms with Crippen LogP contribution in [0.25, 0.3) is 0 Å². The molecule has 1 heterocycles. The molecule has 0 aliphatic rings. The van der Waals surface area contributed by atoms with Gasteiger partial charge in [-0.3, -0.25) is 5.41 Å². The summed E-state index contributed by atoms with van der Waals surface area (Å²) in [6, 6.07) is 0. The Morgan fingerprint density at radius 1 is 1.92 bits per heavy atom. The molecule has 3 nitrogen and oxygen atoms in total. The van der Waals surface area contributed by atoms with Crippen molar-refractivity contribution in [1.82, 2.24) is 4.98 Å². The minimum Gasteiger partial charge on any atom is -0.388 e. The Hall–Kier alpha value is -0.550. The van der Waals surface area contributed by atoms with Gasteiger partial charge in [-0.15, -0.1) is 11.3 Å². The van der Waals surface area contributed by atoms with Gasteiger partial charge in [0.2, 0.25) is 0 Å². The maximum Gasteiger partial charge on any atom is 0.150 e. The highest BCUT2D eigenvalue weighted by Gasteiger charge is 2.06. The van der Waals surface area contributed by atoms with Crippen LogP contribution < -0.4 is 5.73 Å². The average Bonchev–Trinajstić information content (AvgIpc) is 2.37. The molecule has 0 bridgehead atoms. The van der Waals surface area contributed by atoms with Crippen LogP contribution in [0.2, 0.25) is 0 Å². The molecule has 0 aromatic carbocycles. The number of nitrogens with two attached hydrogens (primary N) is 1. The number of hydrogen-bond donors (Lipinski definition) is 2. The zero-order valence-electron chi connectivity index (χ0n) is 6.78.